The fourth-order valence-corrected chi connectivity index (χ4v) is 3.18. The third-order valence-electron chi connectivity index (χ3n) is 4.36. The van der Waals surface area contributed by atoms with Crippen molar-refractivity contribution in [3.05, 3.63) is 65.9 Å². The highest BCUT2D eigenvalue weighted by Gasteiger charge is 2.27. The van der Waals surface area contributed by atoms with Crippen molar-refractivity contribution in [1.29, 1.82) is 0 Å². The number of carbonyl (C=O) groups is 1. The second kappa shape index (κ2) is 6.35. The molecule has 2 N–H and O–H groups in total. The fraction of sp³-hybridized carbons (Fsp3) is 0.222. The highest BCUT2D eigenvalue weighted by atomic mass is 16.3. The Bertz CT molecular complexity index is 907. The fourth-order valence-electron chi connectivity index (χ4n) is 3.18. The summed E-state index contributed by atoms with van der Waals surface area (Å²) in [5, 5.41) is 17.2. The number of rotatable bonds is 3. The van der Waals surface area contributed by atoms with Gasteiger partial charge in [0.15, 0.2) is 11.5 Å². The molecule has 1 atom stereocenters. The van der Waals surface area contributed by atoms with E-state index in [9.17, 15) is 9.90 Å². The minimum absolute atomic E-state index is 0.0340. The first-order chi connectivity index (χ1) is 12.2. The lowest BCUT2D eigenvalue weighted by atomic mass is 9.93. The molecule has 0 unspecified atom stereocenters. The van der Waals surface area contributed by atoms with E-state index in [2.05, 4.69) is 20.4 Å². The predicted octanol–water partition coefficient (Wildman–Crippen LogP) is 2.18. The molecular weight excluding hydrogens is 318 g/mol. The van der Waals surface area contributed by atoms with Crippen LogP contribution in [0.25, 0.3) is 5.82 Å². The standard InChI is InChI=1S/C18H17N5O2/c24-15-7-4-10-20-17(15)18(25)22-13-5-3-6-14-12(13)11-21-23(14)16-8-1-2-9-19-16/h1-2,4,7-11,13,24H,3,5-6H2,(H,22,25)/t13-/m0/s1. The van der Waals surface area contributed by atoms with Crippen molar-refractivity contribution in [3.63, 3.8) is 0 Å². The first-order valence-electron chi connectivity index (χ1n) is 8.17. The third kappa shape index (κ3) is 2.84. The molecule has 126 valence electrons. The Morgan fingerprint density at radius 2 is 2.08 bits per heavy atom. The summed E-state index contributed by atoms with van der Waals surface area (Å²) >= 11 is 0. The van der Waals surface area contributed by atoms with Gasteiger partial charge in [0.2, 0.25) is 0 Å². The van der Waals surface area contributed by atoms with E-state index in [1.807, 2.05) is 22.9 Å². The van der Waals surface area contributed by atoms with E-state index < -0.39 is 0 Å². The molecule has 7 heteroatoms. The Labute approximate surface area is 144 Å². The third-order valence-corrected chi connectivity index (χ3v) is 4.36. The van der Waals surface area contributed by atoms with Crippen molar-refractivity contribution >= 4 is 5.91 Å². The molecule has 0 fully saturated rings. The van der Waals surface area contributed by atoms with Gasteiger partial charge in [0, 0.05) is 18.0 Å². The number of aromatic hydroxyl groups is 1. The smallest absolute Gasteiger partial charge is 0.274 e. The van der Waals surface area contributed by atoms with Crippen LogP contribution in [0.1, 0.15) is 40.6 Å². The molecule has 0 bridgehead atoms. The quantitative estimate of drug-likeness (QED) is 0.765. The van der Waals surface area contributed by atoms with E-state index >= 15 is 0 Å². The van der Waals surface area contributed by atoms with Crippen molar-refractivity contribution in [2.24, 2.45) is 0 Å². The number of aromatic nitrogens is 4. The molecule has 1 amide bonds. The molecule has 7 nitrogen and oxygen atoms in total. The van der Waals surface area contributed by atoms with Crippen LogP contribution in [-0.4, -0.2) is 30.8 Å². The maximum atomic E-state index is 12.4. The zero-order chi connectivity index (χ0) is 17.2. The summed E-state index contributed by atoms with van der Waals surface area (Å²) < 4.78 is 1.83. The Hall–Kier alpha value is -3.22. The lowest BCUT2D eigenvalue weighted by Crippen LogP contribution is -2.31. The van der Waals surface area contributed by atoms with Gasteiger partial charge in [-0.05, 0) is 43.5 Å². The largest absolute Gasteiger partial charge is 0.505 e. The highest BCUT2D eigenvalue weighted by Crippen LogP contribution is 2.31. The van der Waals surface area contributed by atoms with Crippen LogP contribution in [0.3, 0.4) is 0 Å². The van der Waals surface area contributed by atoms with Crippen LogP contribution in [0.4, 0.5) is 0 Å². The first kappa shape index (κ1) is 15.3. The molecule has 3 aromatic heterocycles. The zero-order valence-corrected chi connectivity index (χ0v) is 13.5. The summed E-state index contributed by atoms with van der Waals surface area (Å²) in [6, 6.07) is 8.57. The molecule has 1 aliphatic rings. The van der Waals surface area contributed by atoms with Gasteiger partial charge in [-0.15, -0.1) is 0 Å². The van der Waals surface area contributed by atoms with Crippen LogP contribution in [0, 0.1) is 0 Å². The molecule has 0 saturated heterocycles. The number of nitrogens with zero attached hydrogens (tertiary/aromatic N) is 4. The van der Waals surface area contributed by atoms with Gasteiger partial charge in [0.1, 0.15) is 5.75 Å². The maximum Gasteiger partial charge on any atom is 0.274 e. The SMILES string of the molecule is O=C(N[C@H]1CCCc2c1cnn2-c1ccccn1)c1ncccc1O. The van der Waals surface area contributed by atoms with E-state index in [4.69, 9.17) is 0 Å². The van der Waals surface area contributed by atoms with Gasteiger partial charge in [-0.25, -0.2) is 14.6 Å². The Morgan fingerprint density at radius 1 is 1.20 bits per heavy atom. The predicted molar refractivity (Wildman–Crippen MR) is 90.4 cm³/mol. The van der Waals surface area contributed by atoms with E-state index in [-0.39, 0.29) is 23.4 Å². The molecule has 0 aromatic carbocycles. The molecule has 0 spiro atoms. The minimum Gasteiger partial charge on any atom is -0.505 e. The number of hydrogen-bond donors (Lipinski definition) is 2. The summed E-state index contributed by atoms with van der Waals surface area (Å²) in [7, 11) is 0. The van der Waals surface area contributed by atoms with Gasteiger partial charge < -0.3 is 10.4 Å². The minimum atomic E-state index is -0.387. The van der Waals surface area contributed by atoms with Crippen molar-refractivity contribution in [3.8, 4) is 11.6 Å². The van der Waals surface area contributed by atoms with Gasteiger partial charge in [0.25, 0.3) is 5.91 Å². The molecule has 4 rings (SSSR count). The lowest BCUT2D eigenvalue weighted by Gasteiger charge is -2.24. The van der Waals surface area contributed by atoms with Gasteiger partial charge in [-0.1, -0.05) is 6.07 Å². The zero-order valence-electron chi connectivity index (χ0n) is 13.5. The van der Waals surface area contributed by atoms with Crippen LogP contribution >= 0.6 is 0 Å². The topological polar surface area (TPSA) is 92.9 Å². The Balaban J connectivity index is 1.62. The summed E-state index contributed by atoms with van der Waals surface area (Å²) in [5.74, 6) is 0.250. The van der Waals surface area contributed by atoms with Crippen LogP contribution < -0.4 is 5.32 Å². The van der Waals surface area contributed by atoms with Crippen molar-refractivity contribution in [2.45, 2.75) is 25.3 Å². The number of carbonyl (C=O) groups excluding carboxylic acids is 1. The average molecular weight is 335 g/mol. The number of fused-ring (bicyclic) bond motifs is 1. The first-order valence-corrected chi connectivity index (χ1v) is 8.17. The van der Waals surface area contributed by atoms with Crippen molar-refractivity contribution in [1.82, 2.24) is 25.1 Å². The Morgan fingerprint density at radius 3 is 2.88 bits per heavy atom. The maximum absolute atomic E-state index is 12.4. The van der Waals surface area contributed by atoms with Crippen LogP contribution in [0.15, 0.2) is 48.9 Å². The number of nitrogens with one attached hydrogen (secondary N) is 1. The molecule has 0 radical (unpaired) electrons. The lowest BCUT2D eigenvalue weighted by molar-refractivity contribution is 0.0924. The molecule has 25 heavy (non-hydrogen) atoms. The summed E-state index contributed by atoms with van der Waals surface area (Å²) in [6.07, 6.45) is 7.64. The molecule has 0 aliphatic heterocycles. The molecule has 3 heterocycles. The molecule has 0 saturated carbocycles. The summed E-state index contributed by atoms with van der Waals surface area (Å²) in [6.45, 7) is 0. The van der Waals surface area contributed by atoms with Crippen LogP contribution in [0.5, 0.6) is 5.75 Å². The van der Waals surface area contributed by atoms with Gasteiger partial charge in [-0.3, -0.25) is 4.79 Å². The van der Waals surface area contributed by atoms with E-state index in [1.165, 1.54) is 12.3 Å². The second-order valence-corrected chi connectivity index (χ2v) is 5.94. The van der Waals surface area contributed by atoms with Crippen LogP contribution in [0.2, 0.25) is 0 Å². The number of pyridine rings is 2. The Kier molecular flexibility index (Phi) is 3.89. The molecule has 3 aromatic rings. The normalized spacial score (nSPS) is 16.2. The summed E-state index contributed by atoms with van der Waals surface area (Å²) in [5.41, 5.74) is 2.08. The number of amides is 1. The average Bonchev–Trinajstić information content (AvgIpc) is 3.08. The summed E-state index contributed by atoms with van der Waals surface area (Å²) in [4.78, 5) is 20.8. The number of hydrogen-bond acceptors (Lipinski definition) is 5. The van der Waals surface area contributed by atoms with E-state index in [0.29, 0.717) is 0 Å². The van der Waals surface area contributed by atoms with Gasteiger partial charge in [0.05, 0.1) is 17.9 Å². The molecule has 1 aliphatic carbocycles. The van der Waals surface area contributed by atoms with Gasteiger partial charge in [-0.2, -0.15) is 5.10 Å². The highest BCUT2D eigenvalue weighted by molar-refractivity contribution is 5.95. The van der Waals surface area contributed by atoms with Gasteiger partial charge >= 0.3 is 0 Å². The van der Waals surface area contributed by atoms with Crippen molar-refractivity contribution < 1.29 is 9.90 Å². The molecular formula is C18H17N5O2. The second-order valence-electron chi connectivity index (χ2n) is 5.94. The van der Waals surface area contributed by atoms with E-state index in [0.717, 1.165) is 36.3 Å². The monoisotopic (exact) mass is 335 g/mol. The van der Waals surface area contributed by atoms with Crippen LogP contribution in [-0.2, 0) is 6.42 Å². The van der Waals surface area contributed by atoms with E-state index in [1.54, 1.807) is 18.5 Å². The van der Waals surface area contributed by atoms with Crippen molar-refractivity contribution in [2.75, 3.05) is 0 Å².